The van der Waals surface area contributed by atoms with Crippen molar-refractivity contribution in [1.82, 2.24) is 15.1 Å². The Balaban J connectivity index is 1.53. The van der Waals surface area contributed by atoms with Crippen LogP contribution in [-0.2, 0) is 22.6 Å². The number of piperazine rings is 1. The molecule has 0 unspecified atom stereocenters. The van der Waals surface area contributed by atoms with Crippen LogP contribution in [0.5, 0.6) is 0 Å². The number of carbonyl (C=O) groups is 3. The van der Waals surface area contributed by atoms with Crippen molar-refractivity contribution >= 4 is 17.8 Å². The highest BCUT2D eigenvalue weighted by atomic mass is 16.4. The molecule has 7 heteroatoms. The number of aliphatic carboxylic acids is 1. The minimum atomic E-state index is -1.06. The van der Waals surface area contributed by atoms with Gasteiger partial charge in [-0.05, 0) is 23.3 Å². The first kappa shape index (κ1) is 24.5. The zero-order valence-electron chi connectivity index (χ0n) is 19.6. The molecule has 0 radical (unpaired) electrons. The second-order valence-corrected chi connectivity index (χ2v) is 9.57. The summed E-state index contributed by atoms with van der Waals surface area (Å²) in [6.45, 7) is 9.63. The molecular weight excluding hydrogens is 418 g/mol. The SMILES string of the molecule is CC(C)(C)C(=O)N1CCN(Cc2ccc(C(=O)N[C@@H](Cc3ccccc3)C(=O)O)cc2)CC1. The van der Waals surface area contributed by atoms with E-state index in [0.717, 1.165) is 30.8 Å². The molecule has 0 bridgehead atoms. The first-order valence-electron chi connectivity index (χ1n) is 11.3. The van der Waals surface area contributed by atoms with Gasteiger partial charge in [0.15, 0.2) is 0 Å². The lowest BCUT2D eigenvalue weighted by atomic mass is 9.94. The Labute approximate surface area is 195 Å². The topological polar surface area (TPSA) is 90.0 Å². The van der Waals surface area contributed by atoms with E-state index < -0.39 is 17.9 Å². The number of amides is 2. The molecule has 0 aromatic heterocycles. The maximum atomic E-state index is 12.6. The van der Waals surface area contributed by atoms with Gasteiger partial charge in [-0.1, -0.05) is 63.2 Å². The third kappa shape index (κ3) is 6.89. The van der Waals surface area contributed by atoms with Crippen LogP contribution in [0.25, 0.3) is 0 Å². The summed E-state index contributed by atoms with van der Waals surface area (Å²) in [4.78, 5) is 40.9. The molecule has 2 N–H and O–H groups in total. The second kappa shape index (κ2) is 10.6. The van der Waals surface area contributed by atoms with E-state index in [-0.39, 0.29) is 17.7 Å². The van der Waals surface area contributed by atoms with Gasteiger partial charge in [0.2, 0.25) is 5.91 Å². The van der Waals surface area contributed by atoms with Gasteiger partial charge in [0.25, 0.3) is 5.91 Å². The minimum Gasteiger partial charge on any atom is -0.480 e. The molecule has 176 valence electrons. The molecular formula is C26H33N3O4. The fraction of sp³-hybridized carbons (Fsp3) is 0.423. The van der Waals surface area contributed by atoms with Gasteiger partial charge in [0.1, 0.15) is 6.04 Å². The molecule has 33 heavy (non-hydrogen) atoms. The molecule has 1 heterocycles. The van der Waals surface area contributed by atoms with E-state index in [1.807, 2.05) is 68.1 Å². The summed E-state index contributed by atoms with van der Waals surface area (Å²) < 4.78 is 0. The minimum absolute atomic E-state index is 0.185. The monoisotopic (exact) mass is 451 g/mol. The average molecular weight is 452 g/mol. The fourth-order valence-electron chi connectivity index (χ4n) is 3.89. The third-order valence-electron chi connectivity index (χ3n) is 5.81. The lowest BCUT2D eigenvalue weighted by molar-refractivity contribution is -0.141. The third-order valence-corrected chi connectivity index (χ3v) is 5.81. The Bertz CT molecular complexity index is 959. The van der Waals surface area contributed by atoms with E-state index in [2.05, 4.69) is 10.2 Å². The summed E-state index contributed by atoms with van der Waals surface area (Å²) in [5, 5.41) is 12.1. The van der Waals surface area contributed by atoms with Crippen LogP contribution in [0.2, 0.25) is 0 Å². The number of benzene rings is 2. The number of rotatable bonds is 7. The summed E-state index contributed by atoms with van der Waals surface area (Å²) in [5.74, 6) is -1.28. The number of carboxylic acids is 1. The summed E-state index contributed by atoms with van der Waals surface area (Å²) in [6, 6.07) is 15.5. The Kier molecular flexibility index (Phi) is 7.87. The Hall–Kier alpha value is -3.19. The summed E-state index contributed by atoms with van der Waals surface area (Å²) in [5.41, 5.74) is 1.99. The van der Waals surface area contributed by atoms with Gasteiger partial charge in [-0.25, -0.2) is 4.79 Å². The van der Waals surface area contributed by atoms with Gasteiger partial charge in [-0.3, -0.25) is 14.5 Å². The van der Waals surface area contributed by atoms with E-state index in [4.69, 9.17) is 0 Å². The van der Waals surface area contributed by atoms with Crippen molar-refractivity contribution in [3.8, 4) is 0 Å². The van der Waals surface area contributed by atoms with E-state index >= 15 is 0 Å². The first-order valence-corrected chi connectivity index (χ1v) is 11.3. The maximum absolute atomic E-state index is 12.6. The highest BCUT2D eigenvalue weighted by molar-refractivity contribution is 5.96. The van der Waals surface area contributed by atoms with Crippen molar-refractivity contribution in [3.05, 3.63) is 71.3 Å². The lowest BCUT2D eigenvalue weighted by Crippen LogP contribution is -2.51. The van der Waals surface area contributed by atoms with Gasteiger partial charge in [-0.15, -0.1) is 0 Å². The predicted molar refractivity (Wildman–Crippen MR) is 127 cm³/mol. The predicted octanol–water partition coefficient (Wildman–Crippen LogP) is 2.80. The van der Waals surface area contributed by atoms with Crippen LogP contribution in [0.3, 0.4) is 0 Å². The van der Waals surface area contributed by atoms with Gasteiger partial charge >= 0.3 is 5.97 Å². The van der Waals surface area contributed by atoms with E-state index in [0.29, 0.717) is 18.7 Å². The summed E-state index contributed by atoms with van der Waals surface area (Å²) in [7, 11) is 0. The zero-order valence-corrected chi connectivity index (χ0v) is 19.6. The van der Waals surface area contributed by atoms with Crippen LogP contribution < -0.4 is 5.32 Å². The second-order valence-electron chi connectivity index (χ2n) is 9.57. The highest BCUT2D eigenvalue weighted by Gasteiger charge is 2.29. The number of nitrogens with zero attached hydrogens (tertiary/aromatic N) is 2. The number of hydrogen-bond acceptors (Lipinski definition) is 4. The largest absolute Gasteiger partial charge is 0.480 e. The maximum Gasteiger partial charge on any atom is 0.326 e. The van der Waals surface area contributed by atoms with Gasteiger partial charge in [0, 0.05) is 50.1 Å². The molecule has 7 nitrogen and oxygen atoms in total. The van der Waals surface area contributed by atoms with Gasteiger partial charge in [0.05, 0.1) is 0 Å². The summed E-state index contributed by atoms with van der Waals surface area (Å²) in [6.07, 6.45) is 0.226. The van der Waals surface area contributed by atoms with Crippen LogP contribution >= 0.6 is 0 Å². The normalized spacial score (nSPS) is 15.7. The quantitative estimate of drug-likeness (QED) is 0.676. The van der Waals surface area contributed by atoms with Crippen molar-refractivity contribution in [2.45, 2.75) is 39.8 Å². The van der Waals surface area contributed by atoms with Crippen molar-refractivity contribution < 1.29 is 19.5 Å². The van der Waals surface area contributed by atoms with Crippen LogP contribution in [0.15, 0.2) is 54.6 Å². The molecule has 2 aromatic rings. The highest BCUT2D eigenvalue weighted by Crippen LogP contribution is 2.19. The first-order chi connectivity index (χ1) is 15.6. The smallest absolute Gasteiger partial charge is 0.326 e. The lowest BCUT2D eigenvalue weighted by Gasteiger charge is -2.37. The number of carboxylic acid groups (broad SMARTS) is 1. The molecule has 0 aliphatic carbocycles. The summed E-state index contributed by atoms with van der Waals surface area (Å²) >= 11 is 0. The van der Waals surface area contributed by atoms with Gasteiger partial charge < -0.3 is 15.3 Å². The molecule has 2 aromatic carbocycles. The van der Waals surface area contributed by atoms with Gasteiger partial charge in [-0.2, -0.15) is 0 Å². The molecule has 1 aliphatic heterocycles. The van der Waals surface area contributed by atoms with Crippen molar-refractivity contribution in [3.63, 3.8) is 0 Å². The van der Waals surface area contributed by atoms with E-state index in [1.54, 1.807) is 12.1 Å². The van der Waals surface area contributed by atoms with Crippen molar-refractivity contribution in [2.24, 2.45) is 5.41 Å². The standard InChI is InChI=1S/C26H33N3O4/c1-26(2,3)25(33)29-15-13-28(14-16-29)18-20-9-11-21(12-10-20)23(30)27-22(24(31)32)17-19-7-5-4-6-8-19/h4-12,22H,13-18H2,1-3H3,(H,27,30)(H,31,32)/t22-/m0/s1. The molecule has 2 amide bonds. The average Bonchev–Trinajstić information content (AvgIpc) is 2.79. The number of hydrogen-bond donors (Lipinski definition) is 2. The van der Waals surface area contributed by atoms with Crippen LogP contribution in [-0.4, -0.2) is 64.9 Å². The zero-order chi connectivity index (χ0) is 24.0. The van der Waals surface area contributed by atoms with Crippen molar-refractivity contribution in [1.29, 1.82) is 0 Å². The van der Waals surface area contributed by atoms with E-state index in [9.17, 15) is 19.5 Å². The Morgan fingerprint density at radius 3 is 2.06 bits per heavy atom. The Morgan fingerprint density at radius 2 is 1.52 bits per heavy atom. The van der Waals surface area contributed by atoms with Crippen LogP contribution in [0.4, 0.5) is 0 Å². The van der Waals surface area contributed by atoms with Crippen molar-refractivity contribution in [2.75, 3.05) is 26.2 Å². The number of nitrogens with one attached hydrogen (secondary N) is 1. The molecule has 1 fully saturated rings. The molecule has 3 rings (SSSR count). The molecule has 0 saturated carbocycles. The molecule has 1 atom stereocenters. The molecule has 1 aliphatic rings. The van der Waals surface area contributed by atoms with Crippen LogP contribution in [0, 0.1) is 5.41 Å². The van der Waals surface area contributed by atoms with E-state index in [1.165, 1.54) is 0 Å². The molecule has 0 spiro atoms. The molecule has 1 saturated heterocycles. The fourth-order valence-corrected chi connectivity index (χ4v) is 3.89. The van der Waals surface area contributed by atoms with Crippen LogP contribution in [0.1, 0.15) is 42.3 Å². The Morgan fingerprint density at radius 1 is 0.909 bits per heavy atom. The number of carbonyl (C=O) groups excluding carboxylic acids is 2.